The van der Waals surface area contributed by atoms with Gasteiger partial charge in [-0.05, 0) is 31.0 Å². The molecule has 0 atom stereocenters. The van der Waals surface area contributed by atoms with Gasteiger partial charge in [-0.1, -0.05) is 6.07 Å². The van der Waals surface area contributed by atoms with E-state index >= 15 is 0 Å². The van der Waals surface area contributed by atoms with Gasteiger partial charge in [0.05, 0.1) is 11.2 Å². The predicted molar refractivity (Wildman–Crippen MR) is 54.8 cm³/mol. The van der Waals surface area contributed by atoms with Crippen molar-refractivity contribution in [1.82, 2.24) is 4.98 Å². The summed E-state index contributed by atoms with van der Waals surface area (Å²) in [5.74, 6) is 0.182. The van der Waals surface area contributed by atoms with E-state index in [2.05, 4.69) is 4.98 Å². The maximum atomic E-state index is 10.7. The first-order valence-corrected chi connectivity index (χ1v) is 4.41. The Morgan fingerprint density at radius 2 is 2.07 bits per heavy atom. The van der Waals surface area contributed by atoms with Crippen LogP contribution in [0.3, 0.4) is 0 Å². The number of nitrogens with one attached hydrogen (secondary N) is 1. The van der Waals surface area contributed by atoms with Crippen LogP contribution in [0, 0.1) is 13.8 Å². The molecule has 0 spiro atoms. The molecule has 1 aromatic carbocycles. The summed E-state index contributed by atoms with van der Waals surface area (Å²) in [6.45, 7) is 3.83. The number of benzene rings is 1. The molecule has 3 heteroatoms. The van der Waals surface area contributed by atoms with Crippen LogP contribution in [0.2, 0.25) is 0 Å². The molecule has 72 valence electrons. The van der Waals surface area contributed by atoms with E-state index in [9.17, 15) is 9.90 Å². The van der Waals surface area contributed by atoms with Crippen LogP contribution in [-0.2, 0) is 0 Å². The Hall–Kier alpha value is -1.77. The number of aromatic nitrogens is 1. The average molecular weight is 189 g/mol. The first-order chi connectivity index (χ1) is 6.65. The molecule has 0 bridgehead atoms. The van der Waals surface area contributed by atoms with Crippen molar-refractivity contribution in [2.24, 2.45) is 0 Å². The second-order valence-electron chi connectivity index (χ2n) is 3.43. The highest BCUT2D eigenvalue weighted by Crippen LogP contribution is 2.30. The Kier molecular flexibility index (Phi) is 1.81. The number of hydrogen-bond donors (Lipinski definition) is 2. The first-order valence-electron chi connectivity index (χ1n) is 4.41. The standard InChI is InChI=1S/C11H11NO2/c1-6-3-4-9(14)11-10(6)7(2)8(5-13)12-11/h3-5,12,14H,1-2H3. The van der Waals surface area contributed by atoms with Gasteiger partial charge in [-0.2, -0.15) is 0 Å². The number of aldehydes is 1. The topological polar surface area (TPSA) is 53.1 Å². The minimum absolute atomic E-state index is 0.182. The molecule has 2 N–H and O–H groups in total. The van der Waals surface area contributed by atoms with Crippen LogP contribution in [-0.4, -0.2) is 16.4 Å². The highest BCUT2D eigenvalue weighted by atomic mass is 16.3. The molecule has 0 saturated heterocycles. The van der Waals surface area contributed by atoms with Gasteiger partial charge < -0.3 is 10.1 Å². The van der Waals surface area contributed by atoms with Crippen molar-refractivity contribution in [2.75, 3.05) is 0 Å². The summed E-state index contributed by atoms with van der Waals surface area (Å²) >= 11 is 0. The largest absolute Gasteiger partial charge is 0.506 e. The SMILES string of the molecule is Cc1ccc(O)c2[nH]c(C=O)c(C)c12. The third-order valence-electron chi connectivity index (χ3n) is 2.55. The second-order valence-corrected chi connectivity index (χ2v) is 3.43. The number of fused-ring (bicyclic) bond motifs is 1. The smallest absolute Gasteiger partial charge is 0.166 e. The minimum Gasteiger partial charge on any atom is -0.506 e. The molecule has 0 aliphatic heterocycles. The van der Waals surface area contributed by atoms with Gasteiger partial charge in [-0.15, -0.1) is 0 Å². The van der Waals surface area contributed by atoms with Crippen molar-refractivity contribution in [3.63, 3.8) is 0 Å². The summed E-state index contributed by atoms with van der Waals surface area (Å²) in [5, 5.41) is 10.5. The number of aromatic amines is 1. The number of carbonyl (C=O) groups excluding carboxylic acids is 1. The Morgan fingerprint density at radius 3 is 2.64 bits per heavy atom. The van der Waals surface area contributed by atoms with Gasteiger partial charge in [0, 0.05) is 5.39 Å². The highest BCUT2D eigenvalue weighted by Gasteiger charge is 2.11. The van der Waals surface area contributed by atoms with Crippen molar-refractivity contribution < 1.29 is 9.90 Å². The van der Waals surface area contributed by atoms with Crippen LogP contribution in [0.15, 0.2) is 12.1 Å². The van der Waals surface area contributed by atoms with Crippen molar-refractivity contribution in [2.45, 2.75) is 13.8 Å². The number of phenolic OH excluding ortho intramolecular Hbond substituents is 1. The lowest BCUT2D eigenvalue weighted by Crippen LogP contribution is -1.81. The molecule has 0 unspecified atom stereocenters. The Balaban J connectivity index is 2.97. The second kappa shape index (κ2) is 2.87. The summed E-state index contributed by atoms with van der Waals surface area (Å²) < 4.78 is 0. The molecule has 0 fully saturated rings. The molecule has 0 radical (unpaired) electrons. The van der Waals surface area contributed by atoms with Crippen LogP contribution >= 0.6 is 0 Å². The number of rotatable bonds is 1. The number of aromatic hydroxyl groups is 1. The summed E-state index contributed by atoms with van der Waals surface area (Å²) in [6, 6.07) is 3.47. The molecule has 3 nitrogen and oxygen atoms in total. The lowest BCUT2D eigenvalue weighted by atomic mass is 10.1. The molecule has 0 aliphatic carbocycles. The maximum absolute atomic E-state index is 10.7. The highest BCUT2D eigenvalue weighted by molar-refractivity contribution is 5.96. The fourth-order valence-corrected chi connectivity index (χ4v) is 1.79. The van der Waals surface area contributed by atoms with Gasteiger partial charge >= 0.3 is 0 Å². The van der Waals surface area contributed by atoms with Crippen LogP contribution in [0.4, 0.5) is 0 Å². The van der Waals surface area contributed by atoms with Crippen LogP contribution < -0.4 is 0 Å². The molecule has 14 heavy (non-hydrogen) atoms. The first kappa shape index (κ1) is 8.81. The van der Waals surface area contributed by atoms with Crippen molar-refractivity contribution in [3.05, 3.63) is 29.0 Å². The quantitative estimate of drug-likeness (QED) is 0.676. The van der Waals surface area contributed by atoms with E-state index in [-0.39, 0.29) is 5.75 Å². The number of phenols is 1. The summed E-state index contributed by atoms with van der Waals surface area (Å²) in [5.41, 5.74) is 3.12. The van der Waals surface area contributed by atoms with E-state index in [1.807, 2.05) is 19.9 Å². The van der Waals surface area contributed by atoms with E-state index < -0.39 is 0 Å². The fourth-order valence-electron chi connectivity index (χ4n) is 1.79. The molecule has 2 rings (SSSR count). The zero-order chi connectivity index (χ0) is 10.3. The number of H-pyrrole nitrogens is 1. The number of carbonyl (C=O) groups is 1. The predicted octanol–water partition coefficient (Wildman–Crippen LogP) is 2.30. The Morgan fingerprint density at radius 1 is 1.36 bits per heavy atom. The van der Waals surface area contributed by atoms with Gasteiger partial charge in [0.2, 0.25) is 0 Å². The van der Waals surface area contributed by atoms with Gasteiger partial charge in [0.1, 0.15) is 5.75 Å². The molecule has 2 aromatic rings. The third kappa shape index (κ3) is 1.02. The zero-order valence-corrected chi connectivity index (χ0v) is 8.09. The summed E-state index contributed by atoms with van der Waals surface area (Å²) in [7, 11) is 0. The van der Waals surface area contributed by atoms with Crippen molar-refractivity contribution in [1.29, 1.82) is 0 Å². The third-order valence-corrected chi connectivity index (χ3v) is 2.55. The van der Waals surface area contributed by atoms with Gasteiger partial charge in [-0.3, -0.25) is 4.79 Å². The van der Waals surface area contributed by atoms with Crippen molar-refractivity contribution in [3.8, 4) is 5.75 Å². The fraction of sp³-hybridized carbons (Fsp3) is 0.182. The van der Waals surface area contributed by atoms with Gasteiger partial charge in [0.15, 0.2) is 6.29 Å². The minimum atomic E-state index is 0.182. The lowest BCUT2D eigenvalue weighted by molar-refractivity contribution is 0.111. The number of aryl methyl sites for hydroxylation is 2. The Bertz CT molecular complexity index is 511. The van der Waals surface area contributed by atoms with Gasteiger partial charge in [-0.25, -0.2) is 0 Å². The van der Waals surface area contributed by atoms with Crippen LogP contribution in [0.1, 0.15) is 21.6 Å². The van der Waals surface area contributed by atoms with E-state index in [4.69, 9.17) is 0 Å². The number of hydrogen-bond acceptors (Lipinski definition) is 2. The van der Waals surface area contributed by atoms with Crippen LogP contribution in [0.25, 0.3) is 10.9 Å². The molecule has 0 aliphatic rings. The average Bonchev–Trinajstić information content (AvgIpc) is 2.51. The Labute approximate surface area is 81.4 Å². The monoisotopic (exact) mass is 189 g/mol. The molecular formula is C11H11NO2. The van der Waals surface area contributed by atoms with Crippen LogP contribution in [0.5, 0.6) is 5.75 Å². The summed E-state index contributed by atoms with van der Waals surface area (Å²) in [4.78, 5) is 13.6. The molecule has 0 amide bonds. The van der Waals surface area contributed by atoms with E-state index in [0.29, 0.717) is 11.2 Å². The maximum Gasteiger partial charge on any atom is 0.166 e. The van der Waals surface area contributed by atoms with Crippen molar-refractivity contribution >= 4 is 17.2 Å². The van der Waals surface area contributed by atoms with E-state index in [0.717, 1.165) is 22.8 Å². The summed E-state index contributed by atoms with van der Waals surface area (Å²) in [6.07, 6.45) is 0.772. The molecule has 0 saturated carbocycles. The normalized spacial score (nSPS) is 10.7. The molecule has 1 heterocycles. The van der Waals surface area contributed by atoms with E-state index in [1.165, 1.54) is 0 Å². The molecular weight excluding hydrogens is 178 g/mol. The van der Waals surface area contributed by atoms with E-state index in [1.54, 1.807) is 6.07 Å². The van der Waals surface area contributed by atoms with Gasteiger partial charge in [0.25, 0.3) is 0 Å². The lowest BCUT2D eigenvalue weighted by Gasteiger charge is -1.99. The zero-order valence-electron chi connectivity index (χ0n) is 8.09. The molecule has 1 aromatic heterocycles.